The fourth-order valence-electron chi connectivity index (χ4n) is 2.08. The quantitative estimate of drug-likeness (QED) is 0.860. The van der Waals surface area contributed by atoms with E-state index in [1.54, 1.807) is 25.3 Å². The minimum Gasteiger partial charge on any atom is -0.496 e. The Morgan fingerprint density at radius 2 is 2.22 bits per heavy atom. The number of sulfonamides is 1. The van der Waals surface area contributed by atoms with Crippen molar-refractivity contribution >= 4 is 15.7 Å². The molecule has 1 aliphatic rings. The summed E-state index contributed by atoms with van der Waals surface area (Å²) in [4.78, 5) is 0. The first-order valence-corrected chi connectivity index (χ1v) is 7.44. The Hall–Kier alpha value is -1.27. The number of anilines is 1. The van der Waals surface area contributed by atoms with E-state index in [0.717, 1.165) is 17.9 Å². The van der Waals surface area contributed by atoms with E-state index in [1.807, 2.05) is 6.92 Å². The highest BCUT2D eigenvalue weighted by molar-refractivity contribution is 7.93. The molecule has 1 aliphatic heterocycles. The average Bonchev–Trinajstić information content (AvgIpc) is 2.82. The van der Waals surface area contributed by atoms with Crippen LogP contribution >= 0.6 is 0 Å². The van der Waals surface area contributed by atoms with Crippen LogP contribution in [0.4, 0.5) is 5.69 Å². The molecule has 0 spiro atoms. The van der Waals surface area contributed by atoms with Gasteiger partial charge in [-0.1, -0.05) is 0 Å². The molecular formula is C12H18N2O3S. The van der Waals surface area contributed by atoms with Gasteiger partial charge in [0.25, 0.3) is 0 Å². The second-order valence-electron chi connectivity index (χ2n) is 4.45. The van der Waals surface area contributed by atoms with E-state index in [4.69, 9.17) is 4.74 Å². The number of ether oxygens (including phenoxy) is 1. The number of nitrogens with one attached hydrogen (secondary N) is 2. The molecule has 100 valence electrons. The Labute approximate surface area is 108 Å². The van der Waals surface area contributed by atoms with Crippen LogP contribution in [0, 0.1) is 6.92 Å². The molecule has 1 atom stereocenters. The third kappa shape index (κ3) is 2.76. The molecule has 0 bridgehead atoms. The minimum atomic E-state index is -3.30. The smallest absolute Gasteiger partial charge is 0.236 e. The lowest BCUT2D eigenvalue weighted by atomic mass is 10.2. The molecule has 1 unspecified atom stereocenters. The van der Waals surface area contributed by atoms with Gasteiger partial charge in [-0.15, -0.1) is 0 Å². The van der Waals surface area contributed by atoms with Gasteiger partial charge in [0.15, 0.2) is 0 Å². The van der Waals surface area contributed by atoms with Gasteiger partial charge in [-0.25, -0.2) is 8.42 Å². The van der Waals surface area contributed by atoms with Crippen molar-refractivity contribution in [3.05, 3.63) is 23.8 Å². The van der Waals surface area contributed by atoms with Crippen LogP contribution < -0.4 is 14.8 Å². The van der Waals surface area contributed by atoms with Crippen LogP contribution in [0.2, 0.25) is 0 Å². The van der Waals surface area contributed by atoms with Crippen LogP contribution in [0.3, 0.4) is 0 Å². The number of hydrogen-bond donors (Lipinski definition) is 2. The van der Waals surface area contributed by atoms with E-state index in [0.29, 0.717) is 18.7 Å². The van der Waals surface area contributed by atoms with Gasteiger partial charge in [-0.3, -0.25) is 4.72 Å². The summed E-state index contributed by atoms with van der Waals surface area (Å²) in [5.74, 6) is 0.750. The number of rotatable bonds is 4. The molecule has 1 saturated heterocycles. The van der Waals surface area contributed by atoms with E-state index in [9.17, 15) is 8.42 Å². The second-order valence-corrected chi connectivity index (χ2v) is 6.41. The minimum absolute atomic E-state index is 0.347. The molecule has 5 nitrogen and oxygen atoms in total. The lowest BCUT2D eigenvalue weighted by molar-refractivity contribution is 0.412. The second kappa shape index (κ2) is 5.16. The third-order valence-corrected chi connectivity index (χ3v) is 4.91. The third-order valence-electron chi connectivity index (χ3n) is 3.11. The lowest BCUT2D eigenvalue weighted by Crippen LogP contribution is -2.29. The molecule has 1 aromatic carbocycles. The first-order valence-electron chi connectivity index (χ1n) is 5.90. The van der Waals surface area contributed by atoms with Gasteiger partial charge in [0.05, 0.1) is 12.4 Å². The van der Waals surface area contributed by atoms with Crippen molar-refractivity contribution in [2.24, 2.45) is 0 Å². The molecule has 0 aromatic heterocycles. The molecule has 1 aromatic rings. The molecular weight excluding hydrogens is 252 g/mol. The maximum absolute atomic E-state index is 12.1. The van der Waals surface area contributed by atoms with Gasteiger partial charge in [0.2, 0.25) is 10.0 Å². The van der Waals surface area contributed by atoms with Crippen LogP contribution in [0.15, 0.2) is 18.2 Å². The van der Waals surface area contributed by atoms with Gasteiger partial charge in [-0.05, 0) is 43.7 Å². The Morgan fingerprint density at radius 1 is 1.44 bits per heavy atom. The first-order chi connectivity index (χ1) is 8.53. The van der Waals surface area contributed by atoms with Crippen molar-refractivity contribution in [1.29, 1.82) is 0 Å². The maximum Gasteiger partial charge on any atom is 0.236 e. The molecule has 18 heavy (non-hydrogen) atoms. The highest BCUT2D eigenvalue weighted by atomic mass is 32.2. The van der Waals surface area contributed by atoms with Gasteiger partial charge in [0.1, 0.15) is 5.75 Å². The van der Waals surface area contributed by atoms with Crippen LogP contribution in [0.1, 0.15) is 12.0 Å². The summed E-state index contributed by atoms with van der Waals surface area (Å²) in [7, 11) is -1.71. The zero-order valence-corrected chi connectivity index (χ0v) is 11.4. The molecule has 2 N–H and O–H groups in total. The van der Waals surface area contributed by atoms with E-state index in [2.05, 4.69) is 10.0 Å². The van der Waals surface area contributed by atoms with Crippen molar-refractivity contribution in [2.75, 3.05) is 24.9 Å². The number of methoxy groups -OCH3 is 1. The molecule has 6 heteroatoms. The summed E-state index contributed by atoms with van der Waals surface area (Å²) in [6.07, 6.45) is 0.657. The predicted octanol–water partition coefficient (Wildman–Crippen LogP) is 1.11. The van der Waals surface area contributed by atoms with Crippen LogP contribution in [0.5, 0.6) is 5.75 Å². The normalized spacial score (nSPS) is 19.8. The Balaban J connectivity index is 2.16. The van der Waals surface area contributed by atoms with Crippen molar-refractivity contribution in [3.8, 4) is 5.75 Å². The van der Waals surface area contributed by atoms with E-state index < -0.39 is 10.0 Å². The SMILES string of the molecule is COc1ccc(NS(=O)(=O)C2CCNC2)cc1C. The number of hydrogen-bond acceptors (Lipinski definition) is 4. The average molecular weight is 270 g/mol. The van der Waals surface area contributed by atoms with Crippen molar-refractivity contribution < 1.29 is 13.2 Å². The Kier molecular flexibility index (Phi) is 3.77. The summed E-state index contributed by atoms with van der Waals surface area (Å²) < 4.78 is 31.9. The van der Waals surface area contributed by atoms with Crippen molar-refractivity contribution in [1.82, 2.24) is 5.32 Å². The van der Waals surface area contributed by atoms with Crippen LogP contribution in [0.25, 0.3) is 0 Å². The molecule has 1 fully saturated rings. The summed E-state index contributed by atoms with van der Waals surface area (Å²) in [6, 6.07) is 5.25. The summed E-state index contributed by atoms with van der Waals surface area (Å²) in [5.41, 5.74) is 1.49. The molecule has 0 radical (unpaired) electrons. The van der Waals surface area contributed by atoms with E-state index in [-0.39, 0.29) is 5.25 Å². The maximum atomic E-state index is 12.1. The largest absolute Gasteiger partial charge is 0.496 e. The Morgan fingerprint density at radius 3 is 2.78 bits per heavy atom. The van der Waals surface area contributed by atoms with Crippen LogP contribution in [-0.2, 0) is 10.0 Å². The molecule has 0 amide bonds. The first kappa shape index (κ1) is 13.2. The fraction of sp³-hybridized carbons (Fsp3) is 0.500. The summed E-state index contributed by atoms with van der Waals surface area (Å²) in [6.45, 7) is 3.16. The molecule has 0 aliphatic carbocycles. The zero-order chi connectivity index (χ0) is 13.2. The predicted molar refractivity (Wildman–Crippen MR) is 71.5 cm³/mol. The highest BCUT2D eigenvalue weighted by Crippen LogP contribution is 2.23. The van der Waals surface area contributed by atoms with Gasteiger partial charge in [0, 0.05) is 12.2 Å². The highest BCUT2D eigenvalue weighted by Gasteiger charge is 2.28. The lowest BCUT2D eigenvalue weighted by Gasteiger charge is -2.14. The van der Waals surface area contributed by atoms with Crippen LogP contribution in [-0.4, -0.2) is 33.9 Å². The van der Waals surface area contributed by atoms with Crippen molar-refractivity contribution in [2.45, 2.75) is 18.6 Å². The topological polar surface area (TPSA) is 67.4 Å². The molecule has 1 heterocycles. The summed E-state index contributed by atoms with van der Waals surface area (Å²) >= 11 is 0. The van der Waals surface area contributed by atoms with Crippen molar-refractivity contribution in [3.63, 3.8) is 0 Å². The zero-order valence-electron chi connectivity index (χ0n) is 10.6. The summed E-state index contributed by atoms with van der Waals surface area (Å²) in [5, 5.41) is 2.71. The monoisotopic (exact) mass is 270 g/mol. The van der Waals surface area contributed by atoms with Gasteiger partial charge >= 0.3 is 0 Å². The molecule has 0 saturated carbocycles. The fourth-order valence-corrected chi connectivity index (χ4v) is 3.47. The van der Waals surface area contributed by atoms with E-state index in [1.165, 1.54) is 0 Å². The Bertz CT molecular complexity index is 522. The van der Waals surface area contributed by atoms with E-state index >= 15 is 0 Å². The number of aryl methyl sites for hydroxylation is 1. The molecule has 2 rings (SSSR count). The number of benzene rings is 1. The standard InChI is InChI=1S/C12H18N2O3S/c1-9-7-10(3-4-12(9)17-2)14-18(15,16)11-5-6-13-8-11/h3-4,7,11,13-14H,5-6,8H2,1-2H3. The van der Waals surface area contributed by atoms with Gasteiger partial charge < -0.3 is 10.1 Å². The van der Waals surface area contributed by atoms with Gasteiger partial charge in [-0.2, -0.15) is 0 Å².